The molecule has 0 bridgehead atoms. The van der Waals surface area contributed by atoms with Crippen LogP contribution < -0.4 is 9.32 Å². The third-order valence-corrected chi connectivity index (χ3v) is 5.48. The first-order valence-electron chi connectivity index (χ1n) is 8.75. The summed E-state index contributed by atoms with van der Waals surface area (Å²) < 4.78 is 28.4. The lowest BCUT2D eigenvalue weighted by atomic mass is 9.87. The third-order valence-electron chi connectivity index (χ3n) is 4.30. The number of benzene rings is 2. The van der Waals surface area contributed by atoms with E-state index in [1.54, 1.807) is 36.4 Å². The van der Waals surface area contributed by atoms with E-state index in [-0.39, 0.29) is 23.1 Å². The Kier molecular flexibility index (Phi) is 7.15. The monoisotopic (exact) mass is 443 g/mol. The van der Waals surface area contributed by atoms with Crippen LogP contribution in [0.5, 0.6) is 5.75 Å². The van der Waals surface area contributed by atoms with E-state index in [4.69, 9.17) is 32.5 Å². The molecule has 2 rings (SSSR count). The molecule has 2 aromatic rings. The molecule has 0 fully saturated rings. The quantitative estimate of drug-likeness (QED) is 0.462. The van der Waals surface area contributed by atoms with Crippen LogP contribution in [0.3, 0.4) is 0 Å². The summed E-state index contributed by atoms with van der Waals surface area (Å²) in [5.41, 5.74) is 1.84. The van der Waals surface area contributed by atoms with Gasteiger partial charge < -0.3 is 4.18 Å². The smallest absolute Gasteiger partial charge is 0.370 e. The standard InChI is InChI=1S/C20H23Cl2NO4S/c1-11(2)13-9-10-15(17(12(3)4)20(13)27-28(23,25)26)19(24)18(22)14-7-5-6-8-16(14)21/h5-12,18H,1-4H3,(H2,23,25,26). The summed E-state index contributed by atoms with van der Waals surface area (Å²) in [6, 6.07) is 10.1. The van der Waals surface area contributed by atoms with Crippen LogP contribution in [0.4, 0.5) is 0 Å². The zero-order valence-electron chi connectivity index (χ0n) is 16.1. The van der Waals surface area contributed by atoms with E-state index < -0.39 is 21.5 Å². The fourth-order valence-electron chi connectivity index (χ4n) is 3.03. The second-order valence-corrected chi connectivity index (χ2v) is 9.07. The van der Waals surface area contributed by atoms with Crippen molar-refractivity contribution in [1.29, 1.82) is 0 Å². The lowest BCUT2D eigenvalue weighted by Crippen LogP contribution is -2.22. The molecule has 2 aromatic carbocycles. The van der Waals surface area contributed by atoms with Crippen molar-refractivity contribution in [2.75, 3.05) is 0 Å². The van der Waals surface area contributed by atoms with Crippen LogP contribution in [0, 0.1) is 0 Å². The van der Waals surface area contributed by atoms with Crippen LogP contribution in [0.15, 0.2) is 36.4 Å². The van der Waals surface area contributed by atoms with Gasteiger partial charge in [-0.1, -0.05) is 69.6 Å². The van der Waals surface area contributed by atoms with Crippen molar-refractivity contribution < 1.29 is 17.4 Å². The van der Waals surface area contributed by atoms with Crippen LogP contribution in [-0.4, -0.2) is 14.2 Å². The van der Waals surface area contributed by atoms with E-state index in [1.165, 1.54) is 0 Å². The fraction of sp³-hybridized carbons (Fsp3) is 0.350. The summed E-state index contributed by atoms with van der Waals surface area (Å²) in [7, 11) is -4.28. The van der Waals surface area contributed by atoms with Crippen LogP contribution in [0.25, 0.3) is 0 Å². The summed E-state index contributed by atoms with van der Waals surface area (Å²) >= 11 is 12.6. The molecule has 0 heterocycles. The van der Waals surface area contributed by atoms with Gasteiger partial charge in [0.2, 0.25) is 0 Å². The molecule has 152 valence electrons. The summed E-state index contributed by atoms with van der Waals surface area (Å²) in [6.07, 6.45) is 0. The second-order valence-electron chi connectivity index (χ2n) is 7.08. The molecule has 0 spiro atoms. The van der Waals surface area contributed by atoms with Crippen molar-refractivity contribution in [1.82, 2.24) is 0 Å². The van der Waals surface area contributed by atoms with Crippen molar-refractivity contribution in [2.45, 2.75) is 44.9 Å². The molecule has 0 aliphatic heterocycles. The van der Waals surface area contributed by atoms with Gasteiger partial charge in [-0.15, -0.1) is 11.6 Å². The number of halogens is 2. The van der Waals surface area contributed by atoms with Gasteiger partial charge in [0, 0.05) is 16.1 Å². The molecule has 2 N–H and O–H groups in total. The number of alkyl halides is 1. The summed E-state index contributed by atoms with van der Waals surface area (Å²) in [4.78, 5) is 13.2. The van der Waals surface area contributed by atoms with Gasteiger partial charge in [-0.05, 0) is 29.0 Å². The number of rotatable bonds is 7. The van der Waals surface area contributed by atoms with E-state index >= 15 is 0 Å². The Hall–Kier alpha value is -1.60. The van der Waals surface area contributed by atoms with Gasteiger partial charge in [-0.25, -0.2) is 0 Å². The second kappa shape index (κ2) is 8.82. The molecule has 8 heteroatoms. The number of carbonyl (C=O) groups is 1. The maximum atomic E-state index is 13.2. The highest BCUT2D eigenvalue weighted by atomic mass is 35.5. The summed E-state index contributed by atoms with van der Waals surface area (Å²) in [5.74, 6) is -0.576. The Labute approximate surface area is 176 Å². The van der Waals surface area contributed by atoms with E-state index in [0.29, 0.717) is 21.7 Å². The molecule has 28 heavy (non-hydrogen) atoms. The lowest BCUT2D eigenvalue weighted by molar-refractivity contribution is 0.0985. The lowest BCUT2D eigenvalue weighted by Gasteiger charge is -2.22. The number of hydrogen-bond donors (Lipinski definition) is 1. The number of nitrogens with two attached hydrogens (primary N) is 1. The van der Waals surface area contributed by atoms with Crippen LogP contribution in [-0.2, 0) is 10.3 Å². The number of ketones is 1. The topological polar surface area (TPSA) is 86.5 Å². The number of hydrogen-bond acceptors (Lipinski definition) is 4. The molecular formula is C20H23Cl2NO4S. The Morgan fingerprint density at radius 3 is 2.11 bits per heavy atom. The normalized spacial score (nSPS) is 13.0. The molecule has 0 saturated heterocycles. The van der Waals surface area contributed by atoms with Crippen molar-refractivity contribution >= 4 is 39.3 Å². The maximum Gasteiger partial charge on any atom is 0.380 e. The zero-order chi connectivity index (χ0) is 21.2. The first kappa shape index (κ1) is 22.7. The largest absolute Gasteiger partial charge is 0.380 e. The Morgan fingerprint density at radius 2 is 1.61 bits per heavy atom. The van der Waals surface area contributed by atoms with Crippen molar-refractivity contribution in [2.24, 2.45) is 5.14 Å². The fourth-order valence-corrected chi connectivity index (χ4v) is 4.05. The first-order chi connectivity index (χ1) is 12.9. The van der Waals surface area contributed by atoms with Gasteiger partial charge in [0.05, 0.1) is 0 Å². The zero-order valence-corrected chi connectivity index (χ0v) is 18.4. The van der Waals surface area contributed by atoms with Gasteiger partial charge in [-0.3, -0.25) is 4.79 Å². The average Bonchev–Trinajstić information content (AvgIpc) is 2.58. The minimum atomic E-state index is -4.28. The molecule has 1 unspecified atom stereocenters. The predicted molar refractivity (Wildman–Crippen MR) is 113 cm³/mol. The Balaban J connectivity index is 2.68. The van der Waals surface area contributed by atoms with Crippen LogP contribution >= 0.6 is 23.2 Å². The van der Waals surface area contributed by atoms with Crippen LogP contribution in [0.1, 0.15) is 72.0 Å². The molecule has 0 aliphatic carbocycles. The molecule has 0 amide bonds. The van der Waals surface area contributed by atoms with Crippen molar-refractivity contribution in [3.8, 4) is 5.75 Å². The van der Waals surface area contributed by atoms with Crippen molar-refractivity contribution in [3.05, 3.63) is 63.7 Å². The third kappa shape index (κ3) is 5.06. The van der Waals surface area contributed by atoms with Crippen LogP contribution in [0.2, 0.25) is 5.02 Å². The number of carbonyl (C=O) groups excluding carboxylic acids is 1. The van der Waals surface area contributed by atoms with E-state index in [9.17, 15) is 13.2 Å². The Morgan fingerprint density at radius 1 is 1.00 bits per heavy atom. The summed E-state index contributed by atoms with van der Waals surface area (Å²) in [6.45, 7) is 7.46. The molecule has 1 atom stereocenters. The highest BCUT2D eigenvalue weighted by molar-refractivity contribution is 7.84. The van der Waals surface area contributed by atoms with Gasteiger partial charge in [0.25, 0.3) is 0 Å². The van der Waals surface area contributed by atoms with Gasteiger partial charge in [0.15, 0.2) is 11.5 Å². The molecule has 0 radical (unpaired) electrons. The average molecular weight is 444 g/mol. The molecule has 5 nitrogen and oxygen atoms in total. The van der Waals surface area contributed by atoms with E-state index in [0.717, 1.165) is 0 Å². The predicted octanol–water partition coefficient (Wildman–Crippen LogP) is 5.33. The Bertz CT molecular complexity index is 988. The maximum absolute atomic E-state index is 13.2. The van der Waals surface area contributed by atoms with Gasteiger partial charge in [-0.2, -0.15) is 13.6 Å². The molecule has 0 aromatic heterocycles. The van der Waals surface area contributed by atoms with Crippen molar-refractivity contribution in [3.63, 3.8) is 0 Å². The highest BCUT2D eigenvalue weighted by Gasteiger charge is 2.29. The molecular weight excluding hydrogens is 421 g/mol. The first-order valence-corrected chi connectivity index (χ1v) is 11.0. The van der Waals surface area contributed by atoms with Gasteiger partial charge >= 0.3 is 10.3 Å². The minimum absolute atomic E-state index is 0.0474. The van der Waals surface area contributed by atoms with E-state index in [2.05, 4.69) is 0 Å². The molecule has 0 saturated carbocycles. The minimum Gasteiger partial charge on any atom is -0.370 e. The van der Waals surface area contributed by atoms with E-state index in [1.807, 2.05) is 27.7 Å². The SMILES string of the molecule is CC(C)c1ccc(C(=O)C(Cl)c2ccccc2Cl)c(C(C)C)c1OS(N)(=O)=O. The molecule has 0 aliphatic rings. The summed E-state index contributed by atoms with van der Waals surface area (Å²) in [5, 5.41) is 4.47. The highest BCUT2D eigenvalue weighted by Crippen LogP contribution is 2.40. The number of Topliss-reactive ketones (excluding diaryl/α,β-unsaturated/α-hetero) is 1. The van der Waals surface area contributed by atoms with Gasteiger partial charge in [0.1, 0.15) is 5.38 Å².